The fourth-order valence-corrected chi connectivity index (χ4v) is 8.29. The van der Waals surface area contributed by atoms with E-state index < -0.39 is 0 Å². The van der Waals surface area contributed by atoms with Gasteiger partial charge in [-0.1, -0.05) is 59.1 Å². The second-order valence-electron chi connectivity index (χ2n) is 12.0. The monoisotopic (exact) mass is 398 g/mol. The standard InChI is InChI=1S/C27H42O2/c1-17(2)7-6-8-18(3)25-24(29)16-23-21-10-9-19-15-20(28)11-13-26(19,4)22(21)12-14-27(23,25)5/h9,17-18,21-23,25H,6-8,10-16H2,1-5H3/t18-,21-,22+,23+,25+,26+,27+/m1/s1. The van der Waals surface area contributed by atoms with Crippen molar-refractivity contribution in [2.45, 2.75) is 98.8 Å². The van der Waals surface area contributed by atoms with Gasteiger partial charge in [-0.2, -0.15) is 0 Å². The Morgan fingerprint density at radius 1 is 1.07 bits per heavy atom. The highest BCUT2D eigenvalue weighted by Gasteiger charge is 2.61. The quantitative estimate of drug-likeness (QED) is 0.479. The summed E-state index contributed by atoms with van der Waals surface area (Å²) in [6.45, 7) is 11.9. The third-order valence-electron chi connectivity index (χ3n) is 9.86. The maximum atomic E-state index is 13.3. The molecule has 0 aromatic heterocycles. The maximum absolute atomic E-state index is 13.3. The Bertz CT molecular complexity index is 703. The summed E-state index contributed by atoms with van der Waals surface area (Å²) in [6.07, 6.45) is 13.0. The smallest absolute Gasteiger partial charge is 0.137 e. The number of Topliss-reactive ketones (excluding diaryl/α,β-unsaturated/α-hetero) is 2. The van der Waals surface area contributed by atoms with Crippen molar-refractivity contribution in [3.63, 3.8) is 0 Å². The molecule has 0 radical (unpaired) electrons. The first-order chi connectivity index (χ1) is 13.7. The van der Waals surface area contributed by atoms with Gasteiger partial charge < -0.3 is 0 Å². The van der Waals surface area contributed by atoms with Gasteiger partial charge in [-0.3, -0.25) is 9.59 Å². The summed E-state index contributed by atoms with van der Waals surface area (Å²) in [7, 11) is 0. The summed E-state index contributed by atoms with van der Waals surface area (Å²) in [6, 6.07) is 0. The van der Waals surface area contributed by atoms with Crippen molar-refractivity contribution in [2.24, 2.45) is 46.3 Å². The van der Waals surface area contributed by atoms with Gasteiger partial charge in [0.15, 0.2) is 0 Å². The molecule has 2 nitrogen and oxygen atoms in total. The molecular formula is C27H42O2. The lowest BCUT2D eigenvalue weighted by atomic mass is 9.47. The number of carbonyl (C=O) groups is 2. The number of rotatable bonds is 5. The Kier molecular flexibility index (Phi) is 5.62. The van der Waals surface area contributed by atoms with Crippen LogP contribution in [-0.2, 0) is 9.59 Å². The average Bonchev–Trinajstić information content (AvgIpc) is 2.92. The normalized spacial score (nSPS) is 42.9. The molecule has 4 aliphatic rings. The molecule has 0 aromatic rings. The van der Waals surface area contributed by atoms with Crippen LogP contribution in [0.4, 0.5) is 0 Å². The van der Waals surface area contributed by atoms with Gasteiger partial charge in [0, 0.05) is 25.2 Å². The van der Waals surface area contributed by atoms with E-state index in [2.05, 4.69) is 40.7 Å². The topological polar surface area (TPSA) is 34.1 Å². The van der Waals surface area contributed by atoms with Crippen molar-refractivity contribution >= 4 is 11.6 Å². The summed E-state index contributed by atoms with van der Waals surface area (Å²) in [4.78, 5) is 25.4. The van der Waals surface area contributed by atoms with Crippen LogP contribution in [0.25, 0.3) is 0 Å². The zero-order valence-corrected chi connectivity index (χ0v) is 19.4. The first-order valence-electron chi connectivity index (χ1n) is 12.4. The molecule has 29 heavy (non-hydrogen) atoms. The van der Waals surface area contributed by atoms with Crippen LogP contribution in [0, 0.1) is 46.3 Å². The zero-order valence-electron chi connectivity index (χ0n) is 19.4. The number of hydrogen-bond donors (Lipinski definition) is 0. The van der Waals surface area contributed by atoms with Crippen molar-refractivity contribution in [1.29, 1.82) is 0 Å². The molecule has 0 heterocycles. The van der Waals surface area contributed by atoms with Crippen LogP contribution in [0.15, 0.2) is 11.6 Å². The number of fused-ring (bicyclic) bond motifs is 5. The molecule has 0 amide bonds. The zero-order chi connectivity index (χ0) is 21.0. The molecule has 162 valence electrons. The van der Waals surface area contributed by atoms with E-state index >= 15 is 0 Å². The van der Waals surface area contributed by atoms with Gasteiger partial charge in [0.25, 0.3) is 0 Å². The summed E-state index contributed by atoms with van der Waals surface area (Å²) in [5, 5.41) is 0. The van der Waals surface area contributed by atoms with Gasteiger partial charge in [0.1, 0.15) is 11.6 Å². The molecular weight excluding hydrogens is 356 g/mol. The highest BCUT2D eigenvalue weighted by Crippen LogP contribution is 2.66. The van der Waals surface area contributed by atoms with E-state index in [1.807, 2.05) is 0 Å². The molecule has 2 heteroatoms. The maximum Gasteiger partial charge on any atom is 0.137 e. The Balaban J connectivity index is 1.55. The molecule has 0 N–H and O–H groups in total. The largest absolute Gasteiger partial charge is 0.299 e. The molecule has 0 unspecified atom stereocenters. The van der Waals surface area contributed by atoms with Gasteiger partial charge in [-0.25, -0.2) is 0 Å². The minimum Gasteiger partial charge on any atom is -0.299 e. The van der Waals surface area contributed by atoms with Crippen molar-refractivity contribution in [1.82, 2.24) is 0 Å². The van der Waals surface area contributed by atoms with Gasteiger partial charge in [-0.05, 0) is 72.5 Å². The SMILES string of the molecule is CC(C)CCC[C@@H](C)[C@H]1C(=O)C[C@H]2[C@@H]3CC=C4CC(=O)CC[C@]4(C)[C@H]3CC[C@]12C. The lowest BCUT2D eigenvalue weighted by Crippen LogP contribution is -2.50. The van der Waals surface area contributed by atoms with E-state index in [4.69, 9.17) is 0 Å². The predicted molar refractivity (Wildman–Crippen MR) is 118 cm³/mol. The fourth-order valence-electron chi connectivity index (χ4n) is 8.29. The van der Waals surface area contributed by atoms with E-state index in [0.29, 0.717) is 41.7 Å². The third kappa shape index (κ3) is 3.47. The Morgan fingerprint density at radius 3 is 2.55 bits per heavy atom. The molecule has 0 aliphatic heterocycles. The summed E-state index contributed by atoms with van der Waals surface area (Å²) in [5.74, 6) is 4.42. The molecule has 7 atom stereocenters. The van der Waals surface area contributed by atoms with Crippen LogP contribution in [0.2, 0.25) is 0 Å². The van der Waals surface area contributed by atoms with Gasteiger partial charge in [-0.15, -0.1) is 0 Å². The van der Waals surface area contributed by atoms with Crippen LogP contribution >= 0.6 is 0 Å². The summed E-state index contributed by atoms with van der Waals surface area (Å²) < 4.78 is 0. The molecule has 4 rings (SSSR count). The van der Waals surface area contributed by atoms with Crippen LogP contribution in [0.5, 0.6) is 0 Å². The lowest BCUT2D eigenvalue weighted by Gasteiger charge is -2.57. The Labute approximate surface area is 178 Å². The molecule has 0 spiro atoms. The van der Waals surface area contributed by atoms with E-state index in [9.17, 15) is 9.59 Å². The van der Waals surface area contributed by atoms with Gasteiger partial charge in [0.05, 0.1) is 0 Å². The Morgan fingerprint density at radius 2 is 1.83 bits per heavy atom. The summed E-state index contributed by atoms with van der Waals surface area (Å²) >= 11 is 0. The number of allylic oxidation sites excluding steroid dienone is 2. The summed E-state index contributed by atoms with van der Waals surface area (Å²) in [5.41, 5.74) is 1.84. The van der Waals surface area contributed by atoms with Gasteiger partial charge in [0.2, 0.25) is 0 Å². The highest BCUT2D eigenvalue weighted by atomic mass is 16.1. The van der Waals surface area contributed by atoms with E-state index in [0.717, 1.165) is 31.6 Å². The van der Waals surface area contributed by atoms with Crippen LogP contribution in [0.3, 0.4) is 0 Å². The molecule has 4 aliphatic carbocycles. The van der Waals surface area contributed by atoms with E-state index in [1.54, 1.807) is 0 Å². The van der Waals surface area contributed by atoms with Crippen molar-refractivity contribution in [3.8, 4) is 0 Å². The van der Waals surface area contributed by atoms with Crippen LogP contribution < -0.4 is 0 Å². The van der Waals surface area contributed by atoms with Crippen molar-refractivity contribution in [2.75, 3.05) is 0 Å². The molecule has 3 fully saturated rings. The second kappa shape index (κ2) is 7.65. The molecule has 0 saturated heterocycles. The van der Waals surface area contributed by atoms with Crippen molar-refractivity contribution in [3.05, 3.63) is 11.6 Å². The number of carbonyl (C=O) groups excluding carboxylic acids is 2. The molecule has 0 aromatic carbocycles. The van der Waals surface area contributed by atoms with Gasteiger partial charge >= 0.3 is 0 Å². The van der Waals surface area contributed by atoms with Crippen molar-refractivity contribution < 1.29 is 9.59 Å². The third-order valence-corrected chi connectivity index (χ3v) is 9.86. The minimum atomic E-state index is 0.196. The molecule has 0 bridgehead atoms. The first-order valence-corrected chi connectivity index (χ1v) is 12.4. The second-order valence-corrected chi connectivity index (χ2v) is 12.0. The fraction of sp³-hybridized carbons (Fsp3) is 0.852. The Hall–Kier alpha value is -0.920. The average molecular weight is 399 g/mol. The molecule has 3 saturated carbocycles. The number of hydrogen-bond acceptors (Lipinski definition) is 2. The van der Waals surface area contributed by atoms with E-state index in [-0.39, 0.29) is 16.7 Å². The van der Waals surface area contributed by atoms with Crippen LogP contribution in [-0.4, -0.2) is 11.6 Å². The van der Waals surface area contributed by atoms with E-state index in [1.165, 1.54) is 37.7 Å². The lowest BCUT2D eigenvalue weighted by molar-refractivity contribution is -0.125. The first kappa shape index (κ1) is 21.3. The highest BCUT2D eigenvalue weighted by molar-refractivity contribution is 5.85. The predicted octanol–water partition coefficient (Wildman–Crippen LogP) is 6.78. The van der Waals surface area contributed by atoms with Crippen LogP contribution in [0.1, 0.15) is 98.8 Å². The number of ketones is 2. The minimum absolute atomic E-state index is 0.196.